The van der Waals surface area contributed by atoms with Gasteiger partial charge in [-0.05, 0) is 44.5 Å². The monoisotopic (exact) mass is 387 g/mol. The standard InChI is InChI=1S/C20H25N3O5/c1-4-11-28-16-7-5-14(6-8-16)17(24)9-10-18(25)22-15-12-21-23(13-15)20(2,3)19(26)27/h5-8,12-13H,4,9-11H2,1-3H3,(H,22,25)(H,26,27). The number of aliphatic carboxylic acids is 1. The Morgan fingerprint density at radius 2 is 1.86 bits per heavy atom. The molecule has 0 aliphatic carbocycles. The van der Waals surface area contributed by atoms with Crippen molar-refractivity contribution in [1.82, 2.24) is 9.78 Å². The Morgan fingerprint density at radius 1 is 1.18 bits per heavy atom. The Labute approximate surface area is 163 Å². The van der Waals surface area contributed by atoms with E-state index in [1.165, 1.54) is 30.9 Å². The maximum absolute atomic E-state index is 12.2. The van der Waals surface area contributed by atoms with Gasteiger partial charge in [0, 0.05) is 24.6 Å². The van der Waals surface area contributed by atoms with E-state index in [9.17, 15) is 19.5 Å². The molecule has 2 aromatic rings. The number of ketones is 1. The number of anilines is 1. The quantitative estimate of drug-likeness (QED) is 0.606. The fraction of sp³-hybridized carbons (Fsp3) is 0.400. The Morgan fingerprint density at radius 3 is 2.46 bits per heavy atom. The summed E-state index contributed by atoms with van der Waals surface area (Å²) in [5, 5.41) is 15.8. The number of carbonyl (C=O) groups is 3. The number of hydrogen-bond donors (Lipinski definition) is 2. The van der Waals surface area contributed by atoms with Crippen LogP contribution in [0.5, 0.6) is 5.75 Å². The SMILES string of the molecule is CCCOc1ccc(C(=O)CCC(=O)Nc2cnn(C(C)(C)C(=O)O)c2)cc1. The molecular formula is C20H25N3O5. The van der Waals surface area contributed by atoms with E-state index in [2.05, 4.69) is 10.4 Å². The molecule has 0 radical (unpaired) electrons. The van der Waals surface area contributed by atoms with Crippen molar-refractivity contribution in [1.29, 1.82) is 0 Å². The molecule has 2 N–H and O–H groups in total. The maximum atomic E-state index is 12.2. The third-order valence-electron chi connectivity index (χ3n) is 4.19. The van der Waals surface area contributed by atoms with Crippen LogP contribution in [0.4, 0.5) is 5.69 Å². The molecule has 1 aromatic heterocycles. The highest BCUT2D eigenvalue weighted by molar-refractivity contribution is 6.00. The van der Waals surface area contributed by atoms with Crippen molar-refractivity contribution in [2.24, 2.45) is 0 Å². The van der Waals surface area contributed by atoms with Gasteiger partial charge in [-0.2, -0.15) is 5.10 Å². The minimum absolute atomic E-state index is 0.0143. The van der Waals surface area contributed by atoms with Crippen LogP contribution >= 0.6 is 0 Å². The summed E-state index contributed by atoms with van der Waals surface area (Å²) in [6, 6.07) is 6.84. The number of carboxylic acid groups (broad SMARTS) is 1. The van der Waals surface area contributed by atoms with Gasteiger partial charge in [-0.3, -0.25) is 14.3 Å². The first-order chi connectivity index (χ1) is 13.2. The lowest BCUT2D eigenvalue weighted by Crippen LogP contribution is -2.35. The molecule has 0 aliphatic heterocycles. The number of nitrogens with zero attached hydrogens (tertiary/aromatic N) is 2. The number of ether oxygens (including phenoxy) is 1. The molecule has 0 aliphatic rings. The molecule has 0 unspecified atom stereocenters. The average Bonchev–Trinajstić information content (AvgIpc) is 3.14. The predicted octanol–water partition coefficient (Wildman–Crippen LogP) is 3.09. The summed E-state index contributed by atoms with van der Waals surface area (Å²) in [6.07, 6.45) is 3.81. The summed E-state index contributed by atoms with van der Waals surface area (Å²) in [7, 11) is 0. The number of carbonyl (C=O) groups excluding carboxylic acids is 2. The Hall–Kier alpha value is -3.16. The zero-order valence-electron chi connectivity index (χ0n) is 16.3. The summed E-state index contributed by atoms with van der Waals surface area (Å²) in [5.41, 5.74) is -0.330. The van der Waals surface area contributed by atoms with Crippen LogP contribution in [0.2, 0.25) is 0 Å². The van der Waals surface area contributed by atoms with Crippen molar-refractivity contribution in [2.45, 2.75) is 45.6 Å². The number of hydrogen-bond acceptors (Lipinski definition) is 5. The summed E-state index contributed by atoms with van der Waals surface area (Å²) >= 11 is 0. The van der Waals surface area contributed by atoms with Crippen LogP contribution in [0.1, 0.15) is 50.4 Å². The minimum atomic E-state index is -1.23. The van der Waals surface area contributed by atoms with E-state index < -0.39 is 11.5 Å². The van der Waals surface area contributed by atoms with Gasteiger partial charge in [0.05, 0.1) is 18.5 Å². The van der Waals surface area contributed by atoms with Crippen LogP contribution in [0.15, 0.2) is 36.7 Å². The predicted molar refractivity (Wildman–Crippen MR) is 104 cm³/mol. The van der Waals surface area contributed by atoms with Crippen LogP contribution < -0.4 is 10.1 Å². The van der Waals surface area contributed by atoms with Crippen LogP contribution in [0.3, 0.4) is 0 Å². The second-order valence-corrected chi connectivity index (χ2v) is 6.88. The highest BCUT2D eigenvalue weighted by atomic mass is 16.5. The molecule has 1 amide bonds. The minimum Gasteiger partial charge on any atom is -0.494 e. The topological polar surface area (TPSA) is 111 Å². The number of amides is 1. The fourth-order valence-corrected chi connectivity index (χ4v) is 2.34. The molecule has 2 rings (SSSR count). The summed E-state index contributed by atoms with van der Waals surface area (Å²) < 4.78 is 6.74. The first-order valence-electron chi connectivity index (χ1n) is 9.08. The normalized spacial score (nSPS) is 11.1. The molecule has 0 spiro atoms. The van der Waals surface area contributed by atoms with E-state index in [4.69, 9.17) is 4.74 Å². The number of aromatic nitrogens is 2. The molecule has 8 nitrogen and oxygen atoms in total. The van der Waals surface area contributed by atoms with Crippen molar-refractivity contribution >= 4 is 23.3 Å². The van der Waals surface area contributed by atoms with Crippen molar-refractivity contribution in [2.75, 3.05) is 11.9 Å². The van der Waals surface area contributed by atoms with Gasteiger partial charge in [-0.25, -0.2) is 4.79 Å². The Balaban J connectivity index is 1.86. The zero-order chi connectivity index (χ0) is 20.7. The smallest absolute Gasteiger partial charge is 0.331 e. The molecule has 0 atom stereocenters. The van der Waals surface area contributed by atoms with Crippen LogP contribution in [0.25, 0.3) is 0 Å². The third-order valence-corrected chi connectivity index (χ3v) is 4.19. The summed E-state index contributed by atoms with van der Waals surface area (Å²) in [4.78, 5) is 35.6. The second-order valence-electron chi connectivity index (χ2n) is 6.88. The van der Waals surface area contributed by atoms with Crippen LogP contribution in [0, 0.1) is 0 Å². The molecular weight excluding hydrogens is 362 g/mol. The molecule has 0 fully saturated rings. The van der Waals surface area contributed by atoms with Gasteiger partial charge in [0.25, 0.3) is 0 Å². The molecule has 28 heavy (non-hydrogen) atoms. The molecule has 150 valence electrons. The fourth-order valence-electron chi connectivity index (χ4n) is 2.34. The Kier molecular flexibility index (Phi) is 6.92. The van der Waals surface area contributed by atoms with Gasteiger partial charge in [0.1, 0.15) is 5.75 Å². The van der Waals surface area contributed by atoms with Gasteiger partial charge >= 0.3 is 5.97 Å². The van der Waals surface area contributed by atoms with Crippen molar-refractivity contribution < 1.29 is 24.2 Å². The number of benzene rings is 1. The van der Waals surface area contributed by atoms with Crippen molar-refractivity contribution in [3.63, 3.8) is 0 Å². The van der Waals surface area contributed by atoms with Crippen LogP contribution in [-0.4, -0.2) is 39.2 Å². The second kappa shape index (κ2) is 9.16. The van der Waals surface area contributed by atoms with Gasteiger partial charge in [-0.1, -0.05) is 6.92 Å². The zero-order valence-corrected chi connectivity index (χ0v) is 16.3. The number of rotatable bonds is 10. The highest BCUT2D eigenvalue weighted by Crippen LogP contribution is 2.18. The Bertz CT molecular complexity index is 840. The molecule has 0 saturated carbocycles. The van der Waals surface area contributed by atoms with E-state index in [0.29, 0.717) is 23.6 Å². The van der Waals surface area contributed by atoms with E-state index in [0.717, 1.165) is 6.42 Å². The molecule has 1 aromatic carbocycles. The summed E-state index contributed by atoms with van der Waals surface area (Å²) in [5.74, 6) is -0.813. The van der Waals surface area contributed by atoms with Gasteiger partial charge < -0.3 is 15.2 Å². The average molecular weight is 387 g/mol. The van der Waals surface area contributed by atoms with Gasteiger partial charge in [0.2, 0.25) is 5.91 Å². The number of carboxylic acids is 1. The number of Topliss-reactive ketones (excluding diaryl/α,β-unsaturated/α-hetero) is 1. The summed E-state index contributed by atoms with van der Waals surface area (Å²) in [6.45, 7) is 5.64. The first-order valence-corrected chi connectivity index (χ1v) is 9.08. The molecule has 8 heteroatoms. The van der Waals surface area contributed by atoms with Gasteiger partial charge in [0.15, 0.2) is 11.3 Å². The lowest BCUT2D eigenvalue weighted by molar-refractivity contribution is -0.146. The van der Waals surface area contributed by atoms with Gasteiger partial charge in [-0.15, -0.1) is 0 Å². The van der Waals surface area contributed by atoms with E-state index >= 15 is 0 Å². The van der Waals surface area contributed by atoms with Crippen LogP contribution in [-0.2, 0) is 15.1 Å². The largest absolute Gasteiger partial charge is 0.494 e. The lowest BCUT2D eigenvalue weighted by atomic mass is 10.1. The maximum Gasteiger partial charge on any atom is 0.331 e. The first kappa shape index (κ1) is 21.1. The van der Waals surface area contributed by atoms with Crippen molar-refractivity contribution in [3.8, 4) is 5.75 Å². The van der Waals surface area contributed by atoms with Crippen molar-refractivity contribution in [3.05, 3.63) is 42.2 Å². The molecule has 0 bridgehead atoms. The van der Waals surface area contributed by atoms with E-state index in [1.807, 2.05) is 6.92 Å². The lowest BCUT2D eigenvalue weighted by Gasteiger charge is -2.19. The molecule has 0 saturated heterocycles. The highest BCUT2D eigenvalue weighted by Gasteiger charge is 2.30. The third kappa shape index (κ3) is 5.42. The number of nitrogens with one attached hydrogen (secondary N) is 1. The molecule has 1 heterocycles. The van der Waals surface area contributed by atoms with E-state index in [1.54, 1.807) is 24.3 Å². The van der Waals surface area contributed by atoms with E-state index in [-0.39, 0.29) is 24.5 Å².